The van der Waals surface area contributed by atoms with E-state index < -0.39 is 23.9 Å². The van der Waals surface area contributed by atoms with E-state index in [1.54, 1.807) is 11.1 Å². The Bertz CT molecular complexity index is 1580. The Hall–Kier alpha value is -1.82. The molecule has 3 rings (SSSR count). The minimum atomic E-state index is -1.94. The fourth-order valence-corrected chi connectivity index (χ4v) is 14.7. The van der Waals surface area contributed by atoms with Crippen molar-refractivity contribution >= 4 is 39.8 Å². The van der Waals surface area contributed by atoms with Gasteiger partial charge in [0.05, 0.1) is 6.16 Å². The number of hydrogen-bond donors (Lipinski definition) is 0. The molecule has 0 aliphatic carbocycles. The van der Waals surface area contributed by atoms with Crippen LogP contribution in [-0.4, -0.2) is 36.0 Å². The smallest absolute Gasteiger partial charge is 0.191 e. The van der Waals surface area contributed by atoms with Crippen LogP contribution in [0.3, 0.4) is 0 Å². The molecule has 0 heterocycles. The van der Waals surface area contributed by atoms with Crippen LogP contribution in [0.25, 0.3) is 0 Å². The maximum absolute atomic E-state index is 6.81. The molecule has 1 atom stereocenters. The van der Waals surface area contributed by atoms with Gasteiger partial charge in [0.25, 0.3) is 0 Å². The molecular weight excluding hydrogens is 780 g/mol. The van der Waals surface area contributed by atoms with Gasteiger partial charge in [-0.3, -0.25) is 0 Å². The van der Waals surface area contributed by atoms with Gasteiger partial charge in [0.2, 0.25) is 0 Å². The maximum atomic E-state index is 6.81. The molecule has 2 nitrogen and oxygen atoms in total. The van der Waals surface area contributed by atoms with Gasteiger partial charge in [-0.1, -0.05) is 173 Å². The molecule has 0 fully saturated rings. The number of rotatable bonds is 29. The monoisotopic (exact) mass is 872 g/mol. The Morgan fingerprint density at radius 3 is 1.58 bits per heavy atom. The number of unbranched alkanes of at least 4 members (excludes halogenated alkanes) is 8. The third kappa shape index (κ3) is 16.7. The first kappa shape index (κ1) is 52.5. The van der Waals surface area contributed by atoms with Crippen LogP contribution in [0.4, 0.5) is 0 Å². The molecule has 0 amide bonds. The highest BCUT2D eigenvalue weighted by Gasteiger charge is 2.45. The Balaban J connectivity index is 1.77. The highest BCUT2D eigenvalue weighted by Crippen LogP contribution is 2.56. The van der Waals surface area contributed by atoms with E-state index in [1.807, 2.05) is 0 Å². The lowest BCUT2D eigenvalue weighted by Gasteiger charge is -2.36. The van der Waals surface area contributed by atoms with Gasteiger partial charge >= 0.3 is 0 Å². The molecule has 0 bridgehead atoms. The highest BCUT2D eigenvalue weighted by molar-refractivity contribution is 7.95. The molecule has 0 saturated carbocycles. The molecule has 336 valence electrons. The Morgan fingerprint density at radius 2 is 1.05 bits per heavy atom. The molecule has 0 aliphatic rings. The van der Waals surface area contributed by atoms with Crippen molar-refractivity contribution in [2.45, 2.75) is 207 Å². The lowest BCUT2D eigenvalue weighted by atomic mass is 9.89. The zero-order chi connectivity index (χ0) is 44.1. The van der Waals surface area contributed by atoms with Gasteiger partial charge in [0.15, 0.2) is 16.6 Å². The van der Waals surface area contributed by atoms with Crippen molar-refractivity contribution in [1.82, 2.24) is 0 Å². The Kier molecular flexibility index (Phi) is 22.8. The number of allylic oxidation sites excluding steroid dienone is 1. The van der Waals surface area contributed by atoms with E-state index in [-0.39, 0.29) is 10.1 Å². The van der Waals surface area contributed by atoms with Gasteiger partial charge in [-0.05, 0) is 129 Å². The standard InChI is InChI=1S/C55H92O2PSi2/c1-13-15-16-17-18-19-23-34-48(36-31-44-56-59(9,10)54(3,4)5)35-24-20-25-37-49(33-14-2)50-38-30-43-53(47-50)58(51-39-26-21-27-40-51,52-41-28-22-29-42-52)46-32-45-57-60(11,12)55(6,7)8/h21-22,26-30,36,38-43,47,49H,13-20,23-25,31-35,37,44-46H2,1-12H3/q+1/b48-36-. The molecule has 0 spiro atoms. The summed E-state index contributed by atoms with van der Waals surface area (Å²) in [6, 6.07) is 32.9. The predicted molar refractivity (Wildman–Crippen MR) is 277 cm³/mol. The first-order chi connectivity index (χ1) is 28.5. The van der Waals surface area contributed by atoms with Crippen LogP contribution in [-0.2, 0) is 8.85 Å². The Labute approximate surface area is 375 Å². The van der Waals surface area contributed by atoms with Crippen LogP contribution in [0.5, 0.6) is 0 Å². The van der Waals surface area contributed by atoms with Crippen LogP contribution in [0.15, 0.2) is 96.6 Å². The van der Waals surface area contributed by atoms with E-state index >= 15 is 0 Å². The second-order valence-electron chi connectivity index (χ2n) is 21.0. The zero-order valence-corrected chi connectivity index (χ0v) is 44.0. The molecular formula is C55H92O2PSi2+. The molecule has 0 saturated heterocycles. The number of hydrogen-bond acceptors (Lipinski definition) is 2. The summed E-state index contributed by atoms with van der Waals surface area (Å²) < 4.78 is 13.4. The minimum Gasteiger partial charge on any atom is -0.417 e. The van der Waals surface area contributed by atoms with E-state index in [2.05, 4.69) is 173 Å². The van der Waals surface area contributed by atoms with Crippen LogP contribution in [0, 0.1) is 0 Å². The van der Waals surface area contributed by atoms with Crippen LogP contribution < -0.4 is 15.9 Å². The maximum Gasteiger partial charge on any atom is 0.191 e. The fourth-order valence-electron chi connectivity index (χ4n) is 8.24. The fraction of sp³-hybridized carbons (Fsp3) is 0.636. The molecule has 60 heavy (non-hydrogen) atoms. The van der Waals surface area contributed by atoms with Gasteiger partial charge < -0.3 is 8.85 Å². The molecule has 1 unspecified atom stereocenters. The molecule has 3 aromatic rings. The normalized spacial score (nSPS) is 13.8. The summed E-state index contributed by atoms with van der Waals surface area (Å²) in [5.41, 5.74) is 3.24. The van der Waals surface area contributed by atoms with E-state index in [1.165, 1.54) is 112 Å². The van der Waals surface area contributed by atoms with Crippen molar-refractivity contribution in [2.24, 2.45) is 0 Å². The zero-order valence-electron chi connectivity index (χ0n) is 41.1. The van der Waals surface area contributed by atoms with Crippen molar-refractivity contribution < 1.29 is 8.85 Å². The van der Waals surface area contributed by atoms with E-state index in [4.69, 9.17) is 8.85 Å². The summed E-state index contributed by atoms with van der Waals surface area (Å²) in [6.07, 6.45) is 25.7. The SMILES string of the molecule is CCCCCCCCC/C(=C/CCO[Si](C)(C)C(C)(C)C)CCCCCC(CCC)c1cccc([P+](CCCO[Si](C)(C)C(C)(C)C)(c2ccccc2)c2ccccc2)c1. The van der Waals surface area contributed by atoms with Gasteiger partial charge in [0.1, 0.15) is 23.2 Å². The van der Waals surface area contributed by atoms with Crippen molar-refractivity contribution in [1.29, 1.82) is 0 Å². The molecule has 0 aliphatic heterocycles. The molecule has 0 radical (unpaired) electrons. The molecule has 3 aromatic carbocycles. The molecule has 0 N–H and O–H groups in total. The quantitative estimate of drug-likeness (QED) is 0.0299. The summed E-state index contributed by atoms with van der Waals surface area (Å²) in [4.78, 5) is 0. The molecule has 0 aromatic heterocycles. The van der Waals surface area contributed by atoms with Gasteiger partial charge in [-0.15, -0.1) is 0 Å². The van der Waals surface area contributed by atoms with Gasteiger partial charge in [-0.25, -0.2) is 0 Å². The van der Waals surface area contributed by atoms with E-state index in [0.29, 0.717) is 5.92 Å². The third-order valence-corrected chi connectivity index (χ3v) is 27.8. The van der Waals surface area contributed by atoms with Crippen molar-refractivity contribution in [3.05, 3.63) is 102 Å². The minimum absolute atomic E-state index is 0.215. The van der Waals surface area contributed by atoms with E-state index in [9.17, 15) is 0 Å². The topological polar surface area (TPSA) is 18.5 Å². The third-order valence-electron chi connectivity index (χ3n) is 14.2. The van der Waals surface area contributed by atoms with Crippen LogP contribution in [0.2, 0.25) is 36.3 Å². The summed E-state index contributed by atoms with van der Waals surface area (Å²) >= 11 is 0. The van der Waals surface area contributed by atoms with Crippen molar-refractivity contribution in [3.63, 3.8) is 0 Å². The van der Waals surface area contributed by atoms with Crippen molar-refractivity contribution in [2.75, 3.05) is 19.4 Å². The first-order valence-electron chi connectivity index (χ1n) is 24.5. The molecule has 5 heteroatoms. The van der Waals surface area contributed by atoms with Crippen molar-refractivity contribution in [3.8, 4) is 0 Å². The van der Waals surface area contributed by atoms with Gasteiger partial charge in [0, 0.05) is 19.6 Å². The number of benzene rings is 3. The van der Waals surface area contributed by atoms with E-state index in [0.717, 1.165) is 32.2 Å². The second-order valence-corrected chi connectivity index (χ2v) is 34.2. The first-order valence-corrected chi connectivity index (χ1v) is 32.3. The second kappa shape index (κ2) is 26.1. The summed E-state index contributed by atoms with van der Waals surface area (Å²) in [5.74, 6) is 0.598. The van der Waals surface area contributed by atoms with Crippen LogP contribution in [0.1, 0.15) is 176 Å². The highest BCUT2D eigenvalue weighted by atomic mass is 31.2. The largest absolute Gasteiger partial charge is 0.417 e. The van der Waals surface area contributed by atoms with Crippen LogP contribution >= 0.6 is 7.26 Å². The lowest BCUT2D eigenvalue weighted by molar-refractivity contribution is 0.289. The Morgan fingerprint density at radius 1 is 0.550 bits per heavy atom. The predicted octanol–water partition coefficient (Wildman–Crippen LogP) is 16.7. The average molecular weight is 872 g/mol. The summed E-state index contributed by atoms with van der Waals surface area (Å²) in [5, 5.41) is 4.98. The summed E-state index contributed by atoms with van der Waals surface area (Å²) in [6.45, 7) is 30.0. The van der Waals surface area contributed by atoms with Gasteiger partial charge in [-0.2, -0.15) is 0 Å². The average Bonchev–Trinajstić information content (AvgIpc) is 3.21. The summed E-state index contributed by atoms with van der Waals surface area (Å²) in [7, 11) is -5.47. The lowest BCUT2D eigenvalue weighted by Crippen LogP contribution is -2.41.